The molecule has 0 unspecified atom stereocenters. The summed E-state index contributed by atoms with van der Waals surface area (Å²) in [6, 6.07) is 8.10. The molecular formula is C20H12N4O6S+2. The van der Waals surface area contributed by atoms with E-state index in [1.54, 1.807) is 9.13 Å². The van der Waals surface area contributed by atoms with Crippen LogP contribution in [0.5, 0.6) is 0 Å². The van der Waals surface area contributed by atoms with Gasteiger partial charge in [0, 0.05) is 30.5 Å². The number of carboxylic acid groups (broad SMARTS) is 3. The van der Waals surface area contributed by atoms with Gasteiger partial charge in [-0.2, -0.15) is 5.26 Å². The number of carboxylic acids is 3. The number of nitriles is 1. The van der Waals surface area contributed by atoms with Gasteiger partial charge in [0.05, 0.1) is 16.7 Å². The molecule has 0 amide bonds. The molecule has 11 heteroatoms. The first-order chi connectivity index (χ1) is 14.8. The van der Waals surface area contributed by atoms with Gasteiger partial charge < -0.3 is 15.3 Å². The molecule has 1 atom stereocenters. The van der Waals surface area contributed by atoms with Gasteiger partial charge in [0.1, 0.15) is 22.9 Å². The monoisotopic (exact) mass is 436 g/mol. The molecule has 3 aromatic rings. The molecule has 4 rings (SSSR count). The number of fused-ring (bicyclic) bond motifs is 3. The number of thiocyanates is 1. The van der Waals surface area contributed by atoms with Crippen LogP contribution in [-0.4, -0.2) is 38.2 Å². The summed E-state index contributed by atoms with van der Waals surface area (Å²) < 4.78 is 3.28. The Kier molecular flexibility index (Phi) is 4.84. The molecule has 0 spiro atoms. The number of thioether (sulfide) groups is 1. The average molecular weight is 436 g/mol. The maximum absolute atomic E-state index is 11.8. The number of nitrogens with zero attached hydrogens (tertiary/aromatic N) is 4. The summed E-state index contributed by atoms with van der Waals surface area (Å²) in [4.78, 5) is 38.8. The van der Waals surface area contributed by atoms with Crippen molar-refractivity contribution < 1.29 is 38.8 Å². The van der Waals surface area contributed by atoms with E-state index < -0.39 is 23.4 Å². The predicted molar refractivity (Wildman–Crippen MR) is 104 cm³/mol. The number of hydrogen-bond acceptors (Lipinski definition) is 6. The Hall–Kier alpha value is -4.30. The van der Waals surface area contributed by atoms with E-state index in [0.29, 0.717) is 11.4 Å². The Balaban J connectivity index is 2.06. The molecule has 3 N–H and O–H groups in total. The van der Waals surface area contributed by atoms with E-state index in [1.165, 1.54) is 48.8 Å². The highest BCUT2D eigenvalue weighted by atomic mass is 32.2. The lowest BCUT2D eigenvalue weighted by molar-refractivity contribution is -0.876. The van der Waals surface area contributed by atoms with Gasteiger partial charge >= 0.3 is 23.4 Å². The van der Waals surface area contributed by atoms with Crippen molar-refractivity contribution in [3.8, 4) is 28.2 Å². The first-order valence-corrected chi connectivity index (χ1v) is 9.56. The van der Waals surface area contributed by atoms with E-state index >= 15 is 0 Å². The summed E-state index contributed by atoms with van der Waals surface area (Å²) in [7, 11) is 0. The van der Waals surface area contributed by atoms with E-state index in [4.69, 9.17) is 0 Å². The van der Waals surface area contributed by atoms with Crippen LogP contribution in [0.1, 0.15) is 36.6 Å². The van der Waals surface area contributed by atoms with Gasteiger partial charge in [-0.05, 0) is 12.1 Å². The van der Waals surface area contributed by atoms with Crippen LogP contribution in [0.15, 0.2) is 48.8 Å². The van der Waals surface area contributed by atoms with Crippen LogP contribution >= 0.6 is 11.8 Å². The normalized spacial score (nSPS) is 13.7. The molecule has 10 nitrogen and oxygen atoms in total. The highest BCUT2D eigenvalue weighted by Crippen LogP contribution is 2.31. The molecule has 0 bridgehead atoms. The van der Waals surface area contributed by atoms with Crippen molar-refractivity contribution in [2.24, 2.45) is 0 Å². The number of aromatic nitrogens is 3. The molecule has 0 aliphatic carbocycles. The number of aromatic carboxylic acids is 3. The van der Waals surface area contributed by atoms with E-state index in [0.717, 1.165) is 11.8 Å². The van der Waals surface area contributed by atoms with Gasteiger partial charge in [0.2, 0.25) is 5.69 Å². The fraction of sp³-hybridized carbons (Fsp3) is 0.0500. The summed E-state index contributed by atoms with van der Waals surface area (Å²) in [5.74, 6) is -3.56. The second-order valence-electron chi connectivity index (χ2n) is 6.47. The lowest BCUT2D eigenvalue weighted by atomic mass is 10.1. The zero-order chi connectivity index (χ0) is 22.3. The number of hydrogen-bond donors (Lipinski definition) is 3. The van der Waals surface area contributed by atoms with Crippen molar-refractivity contribution >= 4 is 29.7 Å². The maximum atomic E-state index is 11.8. The van der Waals surface area contributed by atoms with Crippen molar-refractivity contribution in [3.63, 3.8) is 0 Å². The first-order valence-electron chi connectivity index (χ1n) is 8.68. The molecule has 3 aromatic heterocycles. The molecular weight excluding hydrogens is 424 g/mol. The Morgan fingerprint density at radius 2 is 1.52 bits per heavy atom. The van der Waals surface area contributed by atoms with Crippen molar-refractivity contribution in [2.45, 2.75) is 5.50 Å². The fourth-order valence-electron chi connectivity index (χ4n) is 3.39. The fourth-order valence-corrected chi connectivity index (χ4v) is 4.11. The maximum Gasteiger partial charge on any atom is 0.417 e. The van der Waals surface area contributed by atoms with E-state index in [2.05, 4.69) is 4.98 Å². The highest BCUT2D eigenvalue weighted by molar-refractivity contribution is 8.03. The first kappa shape index (κ1) is 20.0. The molecule has 152 valence electrons. The number of pyridine rings is 3. The minimum atomic E-state index is -1.23. The van der Waals surface area contributed by atoms with Crippen LogP contribution in [0.25, 0.3) is 22.8 Å². The summed E-state index contributed by atoms with van der Waals surface area (Å²) in [5, 5.41) is 39.6. The van der Waals surface area contributed by atoms with Crippen LogP contribution in [0, 0.1) is 10.7 Å². The number of rotatable bonds is 5. The van der Waals surface area contributed by atoms with Gasteiger partial charge in [0.25, 0.3) is 11.4 Å². The van der Waals surface area contributed by atoms with Gasteiger partial charge in [-0.3, -0.25) is 0 Å². The molecule has 0 fully saturated rings. The van der Waals surface area contributed by atoms with Gasteiger partial charge in [-0.15, -0.1) is 9.13 Å². The topological polar surface area (TPSA) is 156 Å². The molecule has 0 saturated carbocycles. The van der Waals surface area contributed by atoms with Gasteiger partial charge in [-0.25, -0.2) is 19.4 Å². The van der Waals surface area contributed by atoms with Gasteiger partial charge in [-0.1, -0.05) is 0 Å². The van der Waals surface area contributed by atoms with Crippen LogP contribution < -0.4 is 9.13 Å². The Morgan fingerprint density at radius 3 is 2.16 bits per heavy atom. The minimum Gasteiger partial charge on any atom is -0.478 e. The van der Waals surface area contributed by atoms with Crippen molar-refractivity contribution in [2.75, 3.05) is 0 Å². The third-order valence-corrected chi connectivity index (χ3v) is 5.49. The summed E-state index contributed by atoms with van der Waals surface area (Å²) in [5.41, 5.74) is 0.380. The zero-order valence-corrected chi connectivity index (χ0v) is 16.3. The van der Waals surface area contributed by atoms with E-state index in [9.17, 15) is 35.0 Å². The zero-order valence-electron chi connectivity index (χ0n) is 15.5. The molecule has 0 saturated heterocycles. The smallest absolute Gasteiger partial charge is 0.417 e. The summed E-state index contributed by atoms with van der Waals surface area (Å²) in [6.07, 6.45) is 2.80. The standard InChI is InChI=1S/C20H10N4O6S/c21-9-31-20-23-4-2-11(18(27)28)6-15(23)16-8-12(19(29)30)7-14(24(16)20)13-5-10(17(25)26)1-3-22-13/h1-8,20H,(H-2,25,26,27,28,29,30)/p+2/t20-/m0/s1. The lowest BCUT2D eigenvalue weighted by Gasteiger charge is -2.05. The Labute approximate surface area is 178 Å². The molecule has 0 radical (unpaired) electrons. The lowest BCUT2D eigenvalue weighted by Crippen LogP contribution is -2.51. The summed E-state index contributed by atoms with van der Waals surface area (Å²) in [6.45, 7) is 0. The highest BCUT2D eigenvalue weighted by Gasteiger charge is 2.48. The molecule has 0 aromatic carbocycles. The molecule has 1 aliphatic heterocycles. The van der Waals surface area contributed by atoms with E-state index in [-0.39, 0.29) is 28.1 Å². The Morgan fingerprint density at radius 1 is 0.903 bits per heavy atom. The van der Waals surface area contributed by atoms with Crippen molar-refractivity contribution in [1.29, 1.82) is 5.26 Å². The Bertz CT molecular complexity index is 1330. The average Bonchev–Trinajstić information content (AvgIpc) is 3.06. The predicted octanol–water partition coefficient (Wildman–Crippen LogP) is 1.62. The largest absolute Gasteiger partial charge is 0.478 e. The van der Waals surface area contributed by atoms with Crippen LogP contribution in [0.4, 0.5) is 0 Å². The second-order valence-corrected chi connectivity index (χ2v) is 7.31. The molecule has 4 heterocycles. The molecule has 31 heavy (non-hydrogen) atoms. The third-order valence-electron chi connectivity index (χ3n) is 4.73. The molecule has 1 aliphatic rings. The minimum absolute atomic E-state index is 0.00585. The third kappa shape index (κ3) is 3.34. The summed E-state index contributed by atoms with van der Waals surface area (Å²) >= 11 is 0.865. The number of carbonyl (C=O) groups is 3. The van der Waals surface area contributed by atoms with Crippen LogP contribution in [0.2, 0.25) is 0 Å². The van der Waals surface area contributed by atoms with E-state index in [1.807, 2.05) is 5.40 Å². The van der Waals surface area contributed by atoms with Crippen molar-refractivity contribution in [1.82, 2.24) is 4.98 Å². The quantitative estimate of drug-likeness (QED) is 0.399. The SMILES string of the molecule is N#CS[C@H]1[n+]2ccc(C(=O)O)cc2-c2cc(C(=O)O)cc(-c3cc(C(=O)O)ccn3)[n+]21. The second kappa shape index (κ2) is 7.51. The van der Waals surface area contributed by atoms with Gasteiger partial charge in [0.15, 0.2) is 6.20 Å². The van der Waals surface area contributed by atoms with Crippen LogP contribution in [-0.2, 0) is 0 Å². The van der Waals surface area contributed by atoms with Crippen LogP contribution in [0.3, 0.4) is 0 Å². The van der Waals surface area contributed by atoms with Crippen molar-refractivity contribution in [3.05, 3.63) is 65.5 Å².